The van der Waals surface area contributed by atoms with Crippen LogP contribution in [0.25, 0.3) is 0 Å². The van der Waals surface area contributed by atoms with Gasteiger partial charge in [-0.05, 0) is 87.5 Å². The van der Waals surface area contributed by atoms with Gasteiger partial charge in [0.05, 0.1) is 0 Å². The van der Waals surface area contributed by atoms with Crippen molar-refractivity contribution in [2.45, 2.75) is 88.6 Å². The lowest BCUT2D eigenvalue weighted by Crippen LogP contribution is -2.57. The molecule has 3 heteroatoms. The van der Waals surface area contributed by atoms with Crippen molar-refractivity contribution in [2.75, 3.05) is 0 Å². The van der Waals surface area contributed by atoms with Crippen molar-refractivity contribution in [3.05, 3.63) is 47.5 Å². The van der Waals surface area contributed by atoms with Gasteiger partial charge in [-0.2, -0.15) is 0 Å². The van der Waals surface area contributed by atoms with E-state index in [0.29, 0.717) is 29.8 Å². The van der Waals surface area contributed by atoms with Gasteiger partial charge in [0.25, 0.3) is 0 Å². The van der Waals surface area contributed by atoms with E-state index < -0.39 is 0 Å². The van der Waals surface area contributed by atoms with Crippen LogP contribution in [-0.2, 0) is 10.2 Å². The summed E-state index contributed by atoms with van der Waals surface area (Å²) in [6.45, 7) is 2.26. The van der Waals surface area contributed by atoms with Crippen molar-refractivity contribution in [1.29, 1.82) is 0 Å². The molecule has 0 radical (unpaired) electrons. The Morgan fingerprint density at radius 1 is 1.07 bits per heavy atom. The van der Waals surface area contributed by atoms with Crippen LogP contribution in [0.5, 0.6) is 0 Å². The maximum Gasteiger partial charge on any atom is 0.223 e. The molecular formula is C27H38N2O. The third-order valence-corrected chi connectivity index (χ3v) is 8.97. The summed E-state index contributed by atoms with van der Waals surface area (Å²) in [5.74, 6) is 2.28. The van der Waals surface area contributed by atoms with E-state index in [0.717, 1.165) is 44.4 Å². The third-order valence-electron chi connectivity index (χ3n) is 8.97. The average Bonchev–Trinajstić information content (AvgIpc) is 2.77. The van der Waals surface area contributed by atoms with Gasteiger partial charge in [-0.3, -0.25) is 4.79 Å². The van der Waals surface area contributed by atoms with Gasteiger partial charge >= 0.3 is 0 Å². The lowest BCUT2D eigenvalue weighted by Gasteiger charge is -2.60. The Morgan fingerprint density at radius 2 is 1.80 bits per heavy atom. The Balaban J connectivity index is 1.46. The summed E-state index contributed by atoms with van der Waals surface area (Å²) < 4.78 is 0. The van der Waals surface area contributed by atoms with E-state index in [9.17, 15) is 4.79 Å². The summed E-state index contributed by atoms with van der Waals surface area (Å²) in [6, 6.07) is 11.8. The van der Waals surface area contributed by atoms with Crippen LogP contribution in [0.2, 0.25) is 0 Å². The first-order valence-electron chi connectivity index (χ1n) is 12.4. The minimum absolute atomic E-state index is 0.154. The van der Waals surface area contributed by atoms with Gasteiger partial charge in [-0.15, -0.1) is 0 Å². The molecule has 162 valence electrons. The SMILES string of the molecule is CC/C=C1\C2CCC3C(C(=O)N[C@H]4CC[C@H](N)CC4)CC1CC3(c1ccccc1)C2. The van der Waals surface area contributed by atoms with Crippen molar-refractivity contribution in [1.82, 2.24) is 5.32 Å². The number of fused-ring (bicyclic) bond motifs is 2. The molecule has 5 atom stereocenters. The molecule has 5 rings (SSSR count). The van der Waals surface area contributed by atoms with E-state index >= 15 is 0 Å². The van der Waals surface area contributed by atoms with E-state index in [1.807, 2.05) is 0 Å². The zero-order valence-corrected chi connectivity index (χ0v) is 18.5. The Bertz CT molecular complexity index is 790. The van der Waals surface area contributed by atoms with E-state index in [1.165, 1.54) is 31.2 Å². The predicted molar refractivity (Wildman–Crippen MR) is 122 cm³/mol. The van der Waals surface area contributed by atoms with Crippen molar-refractivity contribution >= 4 is 5.91 Å². The average molecular weight is 407 g/mol. The molecule has 4 aliphatic carbocycles. The first-order chi connectivity index (χ1) is 14.6. The number of carbonyl (C=O) groups excluding carboxylic acids is 1. The molecule has 1 amide bonds. The van der Waals surface area contributed by atoms with Gasteiger partial charge in [-0.1, -0.05) is 48.9 Å². The molecule has 1 aromatic carbocycles. The number of hydrogen-bond acceptors (Lipinski definition) is 2. The molecule has 3 bridgehead atoms. The summed E-state index contributed by atoms with van der Waals surface area (Å²) >= 11 is 0. The topological polar surface area (TPSA) is 55.1 Å². The molecule has 0 aliphatic heterocycles. The molecule has 3 N–H and O–H groups in total. The maximum atomic E-state index is 13.6. The van der Waals surface area contributed by atoms with Gasteiger partial charge < -0.3 is 11.1 Å². The molecule has 0 aromatic heterocycles. The monoisotopic (exact) mass is 406 g/mol. The smallest absolute Gasteiger partial charge is 0.223 e. The summed E-state index contributed by atoms with van der Waals surface area (Å²) in [7, 11) is 0. The molecule has 5 unspecified atom stereocenters. The molecule has 0 heterocycles. The van der Waals surface area contributed by atoms with Gasteiger partial charge in [0.2, 0.25) is 5.91 Å². The van der Waals surface area contributed by atoms with E-state index in [-0.39, 0.29) is 11.3 Å². The van der Waals surface area contributed by atoms with Crippen LogP contribution in [0, 0.1) is 23.7 Å². The fourth-order valence-corrected chi connectivity index (χ4v) is 7.69. The minimum Gasteiger partial charge on any atom is -0.353 e. The second-order valence-electron chi connectivity index (χ2n) is 10.6. The molecular weight excluding hydrogens is 368 g/mol. The Labute approximate surface area is 181 Å². The molecule has 4 aliphatic rings. The molecule has 4 fully saturated rings. The quantitative estimate of drug-likeness (QED) is 0.683. The summed E-state index contributed by atoms with van der Waals surface area (Å²) in [4.78, 5) is 13.6. The summed E-state index contributed by atoms with van der Waals surface area (Å²) in [5.41, 5.74) is 9.45. The van der Waals surface area contributed by atoms with E-state index in [4.69, 9.17) is 5.73 Å². The number of allylic oxidation sites excluding steroid dienone is 2. The first-order valence-corrected chi connectivity index (χ1v) is 12.4. The van der Waals surface area contributed by atoms with Gasteiger partial charge in [-0.25, -0.2) is 0 Å². The standard InChI is InChI=1S/C27H38N2O/c1-2-6-23-18-9-14-25-24(26(30)29-22-12-10-21(28)11-13-22)15-19(23)17-27(25,16-18)20-7-4-3-5-8-20/h3-8,18-19,21-22,24-25H,2,9-17,28H2,1H3,(H,29,30)/b23-6+/t18?,19?,21-,22-,24?,25?,27?. The molecule has 1 aromatic rings. The Kier molecular flexibility index (Phi) is 5.51. The highest BCUT2D eigenvalue weighted by atomic mass is 16.2. The van der Waals surface area contributed by atoms with E-state index in [1.54, 1.807) is 5.57 Å². The molecule has 4 saturated carbocycles. The number of nitrogens with one attached hydrogen (secondary N) is 1. The number of amides is 1. The number of nitrogens with two attached hydrogens (primary N) is 1. The first kappa shape index (κ1) is 20.3. The lowest BCUT2D eigenvalue weighted by atomic mass is 9.43. The normalized spacial score (nSPS) is 41.6. The fraction of sp³-hybridized carbons (Fsp3) is 0.667. The van der Waals surface area contributed by atoms with Crippen LogP contribution in [0.15, 0.2) is 42.0 Å². The van der Waals surface area contributed by atoms with E-state index in [2.05, 4.69) is 48.6 Å². The summed E-state index contributed by atoms with van der Waals surface area (Å²) in [6.07, 6.45) is 13.8. The van der Waals surface area contributed by atoms with Crippen LogP contribution in [0.3, 0.4) is 0 Å². The highest BCUT2D eigenvalue weighted by molar-refractivity contribution is 5.80. The lowest BCUT2D eigenvalue weighted by molar-refractivity contribution is -0.134. The number of hydrogen-bond donors (Lipinski definition) is 2. The predicted octanol–water partition coefficient (Wildman–Crippen LogP) is 5.10. The number of rotatable bonds is 4. The highest BCUT2D eigenvalue weighted by Gasteiger charge is 2.58. The fourth-order valence-electron chi connectivity index (χ4n) is 7.69. The molecule has 0 saturated heterocycles. The van der Waals surface area contributed by atoms with Crippen LogP contribution in [0.4, 0.5) is 0 Å². The van der Waals surface area contributed by atoms with Crippen LogP contribution < -0.4 is 11.1 Å². The van der Waals surface area contributed by atoms with Gasteiger partial charge in [0.15, 0.2) is 0 Å². The second-order valence-corrected chi connectivity index (χ2v) is 10.6. The third kappa shape index (κ3) is 3.43. The Hall–Kier alpha value is -1.61. The van der Waals surface area contributed by atoms with Crippen LogP contribution >= 0.6 is 0 Å². The highest BCUT2D eigenvalue weighted by Crippen LogP contribution is 2.64. The number of benzene rings is 1. The van der Waals surface area contributed by atoms with Gasteiger partial charge in [0, 0.05) is 23.4 Å². The van der Waals surface area contributed by atoms with Crippen LogP contribution in [-0.4, -0.2) is 18.0 Å². The van der Waals surface area contributed by atoms with Crippen LogP contribution in [0.1, 0.15) is 76.7 Å². The number of carbonyl (C=O) groups is 1. The van der Waals surface area contributed by atoms with Gasteiger partial charge in [0.1, 0.15) is 0 Å². The maximum absolute atomic E-state index is 13.6. The van der Waals surface area contributed by atoms with Crippen molar-refractivity contribution in [2.24, 2.45) is 29.4 Å². The largest absolute Gasteiger partial charge is 0.353 e. The zero-order valence-electron chi connectivity index (χ0n) is 18.5. The second kappa shape index (κ2) is 8.15. The zero-order chi connectivity index (χ0) is 20.7. The molecule has 3 nitrogen and oxygen atoms in total. The van der Waals surface area contributed by atoms with Crippen molar-refractivity contribution in [3.63, 3.8) is 0 Å². The molecule has 0 spiro atoms. The molecule has 30 heavy (non-hydrogen) atoms. The van der Waals surface area contributed by atoms with Crippen molar-refractivity contribution in [3.8, 4) is 0 Å². The Morgan fingerprint density at radius 3 is 2.53 bits per heavy atom. The van der Waals surface area contributed by atoms with Crippen molar-refractivity contribution < 1.29 is 4.79 Å². The minimum atomic E-state index is 0.154. The summed E-state index contributed by atoms with van der Waals surface area (Å²) in [5, 5.41) is 3.48.